The smallest absolute Gasteiger partial charge is 0.416 e. The third kappa shape index (κ3) is 4.70. The van der Waals surface area contributed by atoms with Gasteiger partial charge in [-0.25, -0.2) is 4.39 Å². The zero-order valence-electron chi connectivity index (χ0n) is 14.9. The molecule has 0 aliphatic heterocycles. The van der Waals surface area contributed by atoms with Crippen LogP contribution in [0.3, 0.4) is 0 Å². The summed E-state index contributed by atoms with van der Waals surface area (Å²) >= 11 is 5.98. The van der Waals surface area contributed by atoms with Gasteiger partial charge in [-0.05, 0) is 42.5 Å². The lowest BCUT2D eigenvalue weighted by molar-refractivity contribution is -0.137. The van der Waals surface area contributed by atoms with Crippen LogP contribution in [-0.2, 0) is 11.0 Å². The number of carbonyl (C=O) groups is 1. The van der Waals surface area contributed by atoms with E-state index >= 15 is 0 Å². The van der Waals surface area contributed by atoms with Crippen LogP contribution < -0.4 is 5.32 Å². The fourth-order valence-corrected chi connectivity index (χ4v) is 2.72. The molecule has 30 heavy (non-hydrogen) atoms. The quantitative estimate of drug-likeness (QED) is 0.297. The molecule has 0 saturated carbocycles. The molecule has 3 rings (SSSR count). The second-order valence-corrected chi connectivity index (χ2v) is 6.41. The summed E-state index contributed by atoms with van der Waals surface area (Å²) in [6, 6.07) is 12.6. The van der Waals surface area contributed by atoms with Crippen molar-refractivity contribution >= 4 is 29.3 Å². The number of rotatable bonds is 4. The molecular weight excluding hydrogens is 424 g/mol. The molecule has 152 valence electrons. The maximum Gasteiger partial charge on any atom is 0.416 e. The number of hydrogen-bond acceptors (Lipinski definition) is 3. The van der Waals surface area contributed by atoms with E-state index in [1.807, 2.05) is 0 Å². The molecule has 0 atom stereocenters. The Hall–Kier alpha value is -3.57. The lowest BCUT2D eigenvalue weighted by Gasteiger charge is -2.09. The molecule has 4 nitrogen and oxygen atoms in total. The molecule has 2 aromatic carbocycles. The van der Waals surface area contributed by atoms with E-state index in [-0.39, 0.29) is 27.8 Å². The number of benzene rings is 2. The summed E-state index contributed by atoms with van der Waals surface area (Å²) < 4.78 is 57.9. The van der Waals surface area contributed by atoms with Crippen LogP contribution in [0.1, 0.15) is 11.3 Å². The fraction of sp³-hybridized carbons (Fsp3) is 0.0476. The molecule has 0 aliphatic rings. The topological polar surface area (TPSA) is 66.0 Å². The van der Waals surface area contributed by atoms with Gasteiger partial charge in [0.05, 0.1) is 16.3 Å². The van der Waals surface area contributed by atoms with Crippen LogP contribution in [0, 0.1) is 17.1 Å². The lowest BCUT2D eigenvalue weighted by Crippen LogP contribution is -2.14. The summed E-state index contributed by atoms with van der Waals surface area (Å²) in [5.74, 6) is -1.51. The van der Waals surface area contributed by atoms with E-state index in [2.05, 4.69) is 5.32 Å². The molecule has 1 N–H and O–H groups in total. The Morgan fingerprint density at radius 3 is 2.53 bits per heavy atom. The molecule has 0 radical (unpaired) electrons. The summed E-state index contributed by atoms with van der Waals surface area (Å²) in [6.07, 6.45) is -3.48. The third-order valence-electron chi connectivity index (χ3n) is 3.96. The highest BCUT2D eigenvalue weighted by atomic mass is 35.5. The highest BCUT2D eigenvalue weighted by molar-refractivity contribution is 6.33. The second-order valence-electron chi connectivity index (χ2n) is 6.00. The maximum atomic E-state index is 13.7. The summed E-state index contributed by atoms with van der Waals surface area (Å²) in [5, 5.41) is 11.5. The van der Waals surface area contributed by atoms with Crippen molar-refractivity contribution in [2.75, 3.05) is 5.32 Å². The highest BCUT2D eigenvalue weighted by Crippen LogP contribution is 2.36. The zero-order chi connectivity index (χ0) is 21.9. The molecule has 1 heterocycles. The number of hydrogen-bond donors (Lipinski definition) is 1. The van der Waals surface area contributed by atoms with Crippen LogP contribution in [0.2, 0.25) is 5.02 Å². The predicted octanol–water partition coefficient (Wildman–Crippen LogP) is 6.30. The van der Waals surface area contributed by atoms with Gasteiger partial charge in [-0.15, -0.1) is 0 Å². The first-order valence-electron chi connectivity index (χ1n) is 8.33. The number of anilines is 1. The van der Waals surface area contributed by atoms with Gasteiger partial charge in [-0.3, -0.25) is 4.79 Å². The number of nitriles is 1. The van der Waals surface area contributed by atoms with Crippen LogP contribution in [0.5, 0.6) is 0 Å². The van der Waals surface area contributed by atoms with E-state index in [4.69, 9.17) is 16.0 Å². The molecule has 0 aliphatic carbocycles. The van der Waals surface area contributed by atoms with Crippen LogP contribution in [-0.4, -0.2) is 5.91 Å². The van der Waals surface area contributed by atoms with Crippen molar-refractivity contribution in [1.29, 1.82) is 5.26 Å². The van der Waals surface area contributed by atoms with E-state index < -0.39 is 29.0 Å². The minimum absolute atomic E-state index is 0.000424. The monoisotopic (exact) mass is 434 g/mol. The maximum absolute atomic E-state index is 13.7. The van der Waals surface area contributed by atoms with E-state index in [1.165, 1.54) is 30.3 Å². The molecule has 0 unspecified atom stereocenters. The van der Waals surface area contributed by atoms with Gasteiger partial charge in [0.1, 0.15) is 29.0 Å². The van der Waals surface area contributed by atoms with Crippen molar-refractivity contribution in [3.8, 4) is 17.4 Å². The van der Waals surface area contributed by atoms with E-state index in [1.54, 1.807) is 6.07 Å². The Balaban J connectivity index is 1.88. The number of amides is 1. The minimum atomic E-state index is -4.56. The molecule has 0 fully saturated rings. The Morgan fingerprint density at radius 1 is 1.13 bits per heavy atom. The molecule has 0 spiro atoms. The summed E-state index contributed by atoms with van der Waals surface area (Å²) in [6.45, 7) is 0. The minimum Gasteiger partial charge on any atom is -0.457 e. The van der Waals surface area contributed by atoms with Gasteiger partial charge < -0.3 is 9.73 Å². The van der Waals surface area contributed by atoms with Crippen molar-refractivity contribution in [2.45, 2.75) is 6.18 Å². The normalized spacial score (nSPS) is 11.8. The molecular formula is C21H11ClF4N2O2. The van der Waals surface area contributed by atoms with Crippen LogP contribution in [0.25, 0.3) is 17.4 Å². The molecule has 0 bridgehead atoms. The van der Waals surface area contributed by atoms with Crippen molar-refractivity contribution in [3.05, 3.63) is 82.3 Å². The average molecular weight is 435 g/mol. The van der Waals surface area contributed by atoms with Gasteiger partial charge in [0.15, 0.2) is 0 Å². The first-order valence-corrected chi connectivity index (χ1v) is 8.71. The number of alkyl halides is 3. The number of nitrogens with one attached hydrogen (secondary N) is 1. The zero-order valence-corrected chi connectivity index (χ0v) is 15.7. The number of halogens is 5. The molecule has 1 aromatic heterocycles. The van der Waals surface area contributed by atoms with E-state index in [0.29, 0.717) is 0 Å². The SMILES string of the molecule is N#C/C(=C\c1ccc(-c2cc(C(F)(F)F)ccc2Cl)o1)C(=O)Nc1ccccc1F. The summed E-state index contributed by atoms with van der Waals surface area (Å²) in [7, 11) is 0. The predicted molar refractivity (Wildman–Crippen MR) is 103 cm³/mol. The Kier molecular flexibility index (Phi) is 5.94. The Labute approximate surface area is 173 Å². The van der Waals surface area contributed by atoms with Crippen LogP contribution in [0.4, 0.5) is 23.2 Å². The van der Waals surface area contributed by atoms with Crippen LogP contribution >= 0.6 is 11.6 Å². The van der Waals surface area contributed by atoms with Crippen molar-refractivity contribution in [1.82, 2.24) is 0 Å². The second kappa shape index (κ2) is 8.43. The number of furan rings is 1. The average Bonchev–Trinajstić information content (AvgIpc) is 3.15. The molecule has 1 amide bonds. The van der Waals surface area contributed by atoms with Gasteiger partial charge in [0, 0.05) is 11.6 Å². The van der Waals surface area contributed by atoms with Gasteiger partial charge in [0.25, 0.3) is 5.91 Å². The van der Waals surface area contributed by atoms with E-state index in [9.17, 15) is 27.6 Å². The van der Waals surface area contributed by atoms with Gasteiger partial charge >= 0.3 is 6.18 Å². The Morgan fingerprint density at radius 2 is 1.87 bits per heavy atom. The summed E-state index contributed by atoms with van der Waals surface area (Å²) in [4.78, 5) is 12.2. The first kappa shape index (κ1) is 21.1. The van der Waals surface area contributed by atoms with E-state index in [0.717, 1.165) is 30.3 Å². The fourth-order valence-electron chi connectivity index (χ4n) is 2.51. The lowest BCUT2D eigenvalue weighted by atomic mass is 10.1. The number of carbonyl (C=O) groups excluding carboxylic acids is 1. The first-order chi connectivity index (χ1) is 14.2. The Bertz CT molecular complexity index is 1180. The number of nitrogens with zero attached hydrogens (tertiary/aromatic N) is 1. The van der Waals surface area contributed by atoms with Crippen molar-refractivity contribution < 1.29 is 26.8 Å². The molecule has 3 aromatic rings. The van der Waals surface area contributed by atoms with Gasteiger partial charge in [-0.1, -0.05) is 23.7 Å². The largest absolute Gasteiger partial charge is 0.457 e. The van der Waals surface area contributed by atoms with Crippen molar-refractivity contribution in [3.63, 3.8) is 0 Å². The van der Waals surface area contributed by atoms with Gasteiger partial charge in [0.2, 0.25) is 0 Å². The third-order valence-corrected chi connectivity index (χ3v) is 4.29. The summed E-state index contributed by atoms with van der Waals surface area (Å²) in [5.41, 5.74) is -1.41. The molecule has 9 heteroatoms. The van der Waals surface area contributed by atoms with Crippen LogP contribution in [0.15, 0.2) is 64.6 Å². The standard InChI is InChI=1S/C21H11ClF4N2O2/c22-16-7-5-13(21(24,25)26)10-15(16)19-8-6-14(30-19)9-12(11-27)20(29)28-18-4-2-1-3-17(18)23/h1-10H,(H,28,29)/b12-9+. The molecule has 0 saturated heterocycles. The van der Waals surface area contributed by atoms with Gasteiger partial charge in [-0.2, -0.15) is 18.4 Å². The van der Waals surface area contributed by atoms with Crippen molar-refractivity contribution in [2.24, 2.45) is 0 Å². The number of para-hydroxylation sites is 1. The highest BCUT2D eigenvalue weighted by Gasteiger charge is 2.31.